The number of morpholine rings is 1. The predicted octanol–water partition coefficient (Wildman–Crippen LogP) is 0.723. The van der Waals surface area contributed by atoms with E-state index in [2.05, 4.69) is 41.3 Å². The van der Waals surface area contributed by atoms with Crippen molar-refractivity contribution >= 4 is 15.8 Å². The Morgan fingerprint density at radius 1 is 1.28 bits per heavy atom. The normalized spacial score (nSPS) is 18.8. The molecule has 0 amide bonds. The van der Waals surface area contributed by atoms with E-state index in [-0.39, 0.29) is 11.2 Å². The Bertz CT molecular complexity index is 514. The van der Waals surface area contributed by atoms with Gasteiger partial charge in [0.15, 0.2) is 5.96 Å². The van der Waals surface area contributed by atoms with E-state index in [0.29, 0.717) is 19.0 Å². The minimum absolute atomic E-state index is 0.152. The van der Waals surface area contributed by atoms with E-state index < -0.39 is 9.84 Å². The summed E-state index contributed by atoms with van der Waals surface area (Å²) in [4.78, 5) is 7.07. The third-order valence-corrected chi connectivity index (χ3v) is 5.34. The van der Waals surface area contributed by atoms with Crippen molar-refractivity contribution < 1.29 is 13.2 Å². The highest BCUT2D eigenvalue weighted by Gasteiger charge is 2.21. The van der Waals surface area contributed by atoms with E-state index in [1.807, 2.05) is 6.92 Å². The van der Waals surface area contributed by atoms with Crippen LogP contribution in [0.5, 0.6) is 0 Å². The molecule has 0 spiro atoms. The first kappa shape index (κ1) is 22.2. The average molecular weight is 377 g/mol. The molecule has 1 aliphatic rings. The highest BCUT2D eigenvalue weighted by atomic mass is 32.2. The van der Waals surface area contributed by atoms with Gasteiger partial charge in [0.25, 0.3) is 0 Å². The van der Waals surface area contributed by atoms with Crippen LogP contribution in [0.1, 0.15) is 34.1 Å². The summed E-state index contributed by atoms with van der Waals surface area (Å²) in [5.41, 5.74) is -0.152. The first-order valence-corrected chi connectivity index (χ1v) is 11.2. The van der Waals surface area contributed by atoms with Crippen LogP contribution in [0, 0.1) is 5.41 Å². The number of ether oxygens (including phenoxy) is 1. The number of nitrogens with one attached hydrogen (secondary N) is 2. The van der Waals surface area contributed by atoms with Crippen molar-refractivity contribution in [3.8, 4) is 0 Å². The lowest BCUT2D eigenvalue weighted by Gasteiger charge is -2.32. The molecule has 1 saturated heterocycles. The number of guanidine groups is 1. The van der Waals surface area contributed by atoms with Gasteiger partial charge in [-0.1, -0.05) is 13.8 Å². The fourth-order valence-electron chi connectivity index (χ4n) is 2.57. The van der Waals surface area contributed by atoms with E-state index in [1.165, 1.54) is 6.26 Å². The molecule has 2 N–H and O–H groups in total. The molecule has 0 aromatic carbocycles. The molecule has 148 valence electrons. The maximum absolute atomic E-state index is 11.4. The lowest BCUT2D eigenvalue weighted by atomic mass is 9.90. The Hall–Kier alpha value is -0.860. The third kappa shape index (κ3) is 10.0. The van der Waals surface area contributed by atoms with Crippen LogP contribution < -0.4 is 10.6 Å². The highest BCUT2D eigenvalue weighted by molar-refractivity contribution is 7.90. The number of rotatable bonds is 9. The fourth-order valence-corrected chi connectivity index (χ4v) is 3.49. The summed E-state index contributed by atoms with van der Waals surface area (Å²) in [6, 6.07) is 0.408. The molecule has 7 nitrogen and oxygen atoms in total. The molecule has 0 aliphatic carbocycles. The van der Waals surface area contributed by atoms with Crippen LogP contribution in [-0.2, 0) is 14.6 Å². The van der Waals surface area contributed by atoms with E-state index >= 15 is 0 Å². The van der Waals surface area contributed by atoms with Crippen LogP contribution in [-0.4, -0.2) is 83.3 Å². The van der Waals surface area contributed by atoms with Gasteiger partial charge in [-0.25, -0.2) is 8.42 Å². The van der Waals surface area contributed by atoms with Crippen molar-refractivity contribution in [2.45, 2.75) is 40.2 Å². The van der Waals surface area contributed by atoms with Gasteiger partial charge in [-0.3, -0.25) is 9.89 Å². The molecule has 1 atom stereocenters. The molecule has 1 aliphatic heterocycles. The average Bonchev–Trinajstić information content (AvgIpc) is 2.56. The van der Waals surface area contributed by atoms with E-state index in [1.54, 1.807) is 0 Å². The Morgan fingerprint density at radius 2 is 1.92 bits per heavy atom. The number of nitrogens with zero attached hydrogens (tertiary/aromatic N) is 2. The summed E-state index contributed by atoms with van der Waals surface area (Å²) < 4.78 is 28.1. The monoisotopic (exact) mass is 376 g/mol. The second-order valence-electron chi connectivity index (χ2n) is 7.62. The lowest BCUT2D eigenvalue weighted by molar-refractivity contribution is 0.0211. The number of hydrogen-bond acceptors (Lipinski definition) is 5. The number of aliphatic imine (C=N–C) groups is 1. The van der Waals surface area contributed by atoms with Crippen LogP contribution >= 0.6 is 0 Å². The van der Waals surface area contributed by atoms with Gasteiger partial charge in [0.2, 0.25) is 0 Å². The molecule has 1 unspecified atom stereocenters. The summed E-state index contributed by atoms with van der Waals surface area (Å²) >= 11 is 0. The van der Waals surface area contributed by atoms with Gasteiger partial charge in [0, 0.05) is 45.0 Å². The number of hydrogen-bond donors (Lipinski definition) is 2. The van der Waals surface area contributed by atoms with Crippen LogP contribution in [0.2, 0.25) is 0 Å². The van der Waals surface area contributed by atoms with Crippen molar-refractivity contribution in [1.29, 1.82) is 0 Å². The molecule has 25 heavy (non-hydrogen) atoms. The van der Waals surface area contributed by atoms with Gasteiger partial charge in [0.1, 0.15) is 9.84 Å². The van der Waals surface area contributed by atoms with Gasteiger partial charge >= 0.3 is 0 Å². The summed E-state index contributed by atoms with van der Waals surface area (Å²) in [6.07, 6.45) is 1.89. The Morgan fingerprint density at radius 3 is 2.48 bits per heavy atom. The second-order valence-corrected chi connectivity index (χ2v) is 9.88. The number of sulfone groups is 1. The first-order valence-electron chi connectivity index (χ1n) is 9.15. The summed E-state index contributed by atoms with van der Waals surface area (Å²) in [5.74, 6) is 0.989. The van der Waals surface area contributed by atoms with Crippen molar-refractivity contribution in [3.63, 3.8) is 0 Å². The van der Waals surface area contributed by atoms with Crippen molar-refractivity contribution in [2.24, 2.45) is 10.4 Å². The van der Waals surface area contributed by atoms with E-state index in [9.17, 15) is 8.42 Å². The molecule has 1 fully saturated rings. The second kappa shape index (κ2) is 10.3. The van der Waals surface area contributed by atoms with Gasteiger partial charge < -0.3 is 15.4 Å². The van der Waals surface area contributed by atoms with Crippen molar-refractivity contribution in [2.75, 3.05) is 57.9 Å². The van der Waals surface area contributed by atoms with Crippen molar-refractivity contribution in [3.05, 3.63) is 0 Å². The molecule has 0 radical (unpaired) electrons. The topological polar surface area (TPSA) is 83.0 Å². The summed E-state index contributed by atoms with van der Waals surface area (Å²) in [5, 5.41) is 6.66. The largest absolute Gasteiger partial charge is 0.379 e. The quantitative estimate of drug-likeness (QED) is 0.456. The van der Waals surface area contributed by atoms with Crippen LogP contribution in [0.4, 0.5) is 0 Å². The maximum atomic E-state index is 11.4. The zero-order valence-corrected chi connectivity index (χ0v) is 17.3. The Labute approximate surface area is 153 Å². The predicted molar refractivity (Wildman–Crippen MR) is 104 cm³/mol. The molecule has 0 aromatic heterocycles. The van der Waals surface area contributed by atoms with E-state index in [0.717, 1.165) is 45.4 Å². The van der Waals surface area contributed by atoms with Gasteiger partial charge in [-0.2, -0.15) is 0 Å². The lowest BCUT2D eigenvalue weighted by Crippen LogP contribution is -2.49. The molecule has 1 rings (SSSR count). The third-order valence-electron chi connectivity index (χ3n) is 4.39. The zero-order valence-electron chi connectivity index (χ0n) is 16.5. The first-order chi connectivity index (χ1) is 11.6. The molecule has 0 aromatic rings. The smallest absolute Gasteiger partial charge is 0.191 e. The summed E-state index contributed by atoms with van der Waals surface area (Å²) in [6.45, 7) is 14.1. The fraction of sp³-hybridized carbons (Fsp3) is 0.941. The highest BCUT2D eigenvalue weighted by Crippen LogP contribution is 2.21. The van der Waals surface area contributed by atoms with Gasteiger partial charge in [-0.15, -0.1) is 0 Å². The standard InChI is InChI=1S/C17H36N4O3S/c1-6-18-16(19-13-15(2)21-8-10-24-11-9-21)20-14-17(3,4)7-12-25(5,22)23/h15H,6-14H2,1-5H3,(H2,18,19,20). The molecule has 1 heterocycles. The minimum atomic E-state index is -2.94. The minimum Gasteiger partial charge on any atom is -0.379 e. The Kier molecular flexibility index (Phi) is 9.16. The Balaban J connectivity index is 2.51. The SMILES string of the molecule is CCNC(=NCC(C)(C)CCS(C)(=O)=O)NCC(C)N1CCOCC1. The summed E-state index contributed by atoms with van der Waals surface area (Å²) in [7, 11) is -2.94. The van der Waals surface area contributed by atoms with Gasteiger partial charge in [0.05, 0.1) is 19.0 Å². The van der Waals surface area contributed by atoms with Crippen LogP contribution in [0.3, 0.4) is 0 Å². The van der Waals surface area contributed by atoms with Crippen molar-refractivity contribution in [1.82, 2.24) is 15.5 Å². The molecule has 0 saturated carbocycles. The maximum Gasteiger partial charge on any atom is 0.191 e. The molecular formula is C17H36N4O3S. The zero-order chi connectivity index (χ0) is 18.9. The van der Waals surface area contributed by atoms with Gasteiger partial charge in [-0.05, 0) is 25.7 Å². The van der Waals surface area contributed by atoms with E-state index in [4.69, 9.17) is 4.74 Å². The molecule has 0 bridgehead atoms. The molecule has 8 heteroatoms. The molecular weight excluding hydrogens is 340 g/mol. The van der Waals surface area contributed by atoms with Crippen LogP contribution in [0.15, 0.2) is 4.99 Å². The van der Waals surface area contributed by atoms with Crippen LogP contribution in [0.25, 0.3) is 0 Å².